The van der Waals surface area contributed by atoms with E-state index in [1.165, 1.54) is 26.0 Å². The van der Waals surface area contributed by atoms with Crippen molar-refractivity contribution >= 4 is 22.1 Å². The van der Waals surface area contributed by atoms with Crippen molar-refractivity contribution < 1.29 is 31.7 Å². The number of aryl methyl sites for hydroxylation is 1. The number of esters is 2. The van der Waals surface area contributed by atoms with Gasteiger partial charge in [-0.1, -0.05) is 17.7 Å². The smallest absolute Gasteiger partial charge is 0.347 e. The fraction of sp³-hybridized carbons (Fsp3) is 0.467. The summed E-state index contributed by atoms with van der Waals surface area (Å²) < 4.78 is 38.4. The zero-order chi connectivity index (χ0) is 17.6. The molecule has 0 aliphatic rings. The molecule has 128 valence electrons. The second-order valence-corrected chi connectivity index (χ2v) is 6.41. The van der Waals surface area contributed by atoms with Crippen LogP contribution in [-0.2, 0) is 33.4 Å². The first-order valence-electron chi connectivity index (χ1n) is 7.04. The van der Waals surface area contributed by atoms with Crippen molar-refractivity contribution in [3.05, 3.63) is 29.8 Å². The van der Waals surface area contributed by atoms with Crippen LogP contribution in [-0.4, -0.2) is 39.2 Å². The molecule has 23 heavy (non-hydrogen) atoms. The van der Waals surface area contributed by atoms with Crippen LogP contribution < -0.4 is 0 Å². The molecule has 0 bridgehead atoms. The molecular weight excluding hydrogens is 324 g/mol. The Balaban J connectivity index is 2.70. The Kier molecular flexibility index (Phi) is 6.71. The summed E-state index contributed by atoms with van der Waals surface area (Å²) in [5.74, 6) is -1.68. The maximum atomic E-state index is 12.1. The highest BCUT2D eigenvalue weighted by Gasteiger charge is 2.28. The molecule has 0 radical (unpaired) electrons. The molecule has 2 unspecified atom stereocenters. The van der Waals surface area contributed by atoms with Crippen LogP contribution >= 0.6 is 0 Å². The van der Waals surface area contributed by atoms with E-state index in [1.54, 1.807) is 19.1 Å². The molecule has 0 spiro atoms. The van der Waals surface area contributed by atoms with Gasteiger partial charge in [-0.25, -0.2) is 9.59 Å². The minimum Gasteiger partial charge on any atom is -0.463 e. The SMILES string of the molecule is CCOC(=O)C(C)OC(=O)C(C)OS(=O)(=O)c1ccc(C)cc1. The third kappa shape index (κ3) is 5.65. The maximum absolute atomic E-state index is 12.1. The lowest BCUT2D eigenvalue weighted by atomic mass is 10.2. The molecule has 0 fully saturated rings. The highest BCUT2D eigenvalue weighted by atomic mass is 32.2. The molecule has 0 aromatic heterocycles. The predicted molar refractivity (Wildman–Crippen MR) is 81.1 cm³/mol. The van der Waals surface area contributed by atoms with Crippen LogP contribution in [0.4, 0.5) is 0 Å². The predicted octanol–water partition coefficient (Wildman–Crippen LogP) is 1.58. The first kappa shape index (κ1) is 19.1. The van der Waals surface area contributed by atoms with Gasteiger partial charge in [0.25, 0.3) is 10.1 Å². The summed E-state index contributed by atoms with van der Waals surface area (Å²) in [4.78, 5) is 23.1. The number of ether oxygens (including phenoxy) is 2. The molecule has 0 aliphatic heterocycles. The molecular formula is C15H20O7S. The fourth-order valence-corrected chi connectivity index (χ4v) is 2.61. The number of hydrogen-bond acceptors (Lipinski definition) is 7. The monoisotopic (exact) mass is 344 g/mol. The summed E-state index contributed by atoms with van der Waals surface area (Å²) in [6.45, 7) is 6.14. The molecule has 1 aromatic carbocycles. The van der Waals surface area contributed by atoms with Gasteiger partial charge in [0.15, 0.2) is 12.2 Å². The van der Waals surface area contributed by atoms with Crippen LogP contribution in [0.2, 0.25) is 0 Å². The summed E-state index contributed by atoms with van der Waals surface area (Å²) in [7, 11) is -4.10. The van der Waals surface area contributed by atoms with E-state index in [2.05, 4.69) is 0 Å². The molecule has 7 nitrogen and oxygen atoms in total. The third-order valence-corrected chi connectivity index (χ3v) is 4.22. The number of carbonyl (C=O) groups excluding carboxylic acids is 2. The zero-order valence-electron chi connectivity index (χ0n) is 13.4. The van der Waals surface area contributed by atoms with E-state index in [9.17, 15) is 18.0 Å². The van der Waals surface area contributed by atoms with Crippen molar-refractivity contribution in [1.82, 2.24) is 0 Å². The van der Waals surface area contributed by atoms with E-state index in [0.29, 0.717) is 0 Å². The Morgan fingerprint density at radius 3 is 2.13 bits per heavy atom. The van der Waals surface area contributed by atoms with Crippen molar-refractivity contribution in [2.75, 3.05) is 6.61 Å². The van der Waals surface area contributed by atoms with Crippen LogP contribution in [0.3, 0.4) is 0 Å². The molecule has 0 saturated heterocycles. The van der Waals surface area contributed by atoms with Gasteiger partial charge in [-0.2, -0.15) is 8.42 Å². The second kappa shape index (κ2) is 8.07. The van der Waals surface area contributed by atoms with E-state index in [1.807, 2.05) is 6.92 Å². The van der Waals surface area contributed by atoms with Gasteiger partial charge in [-0.05, 0) is 39.8 Å². The van der Waals surface area contributed by atoms with Gasteiger partial charge in [0.2, 0.25) is 0 Å². The van der Waals surface area contributed by atoms with E-state index < -0.39 is 34.3 Å². The van der Waals surface area contributed by atoms with Gasteiger partial charge < -0.3 is 9.47 Å². The minimum absolute atomic E-state index is 0.0683. The molecule has 0 saturated carbocycles. The maximum Gasteiger partial charge on any atom is 0.347 e. The van der Waals surface area contributed by atoms with Crippen molar-refractivity contribution in [3.8, 4) is 0 Å². The van der Waals surface area contributed by atoms with Gasteiger partial charge in [-0.3, -0.25) is 4.18 Å². The van der Waals surface area contributed by atoms with Crippen LogP contribution in [0, 0.1) is 6.92 Å². The molecule has 0 heterocycles. The topological polar surface area (TPSA) is 96.0 Å². The van der Waals surface area contributed by atoms with Gasteiger partial charge in [-0.15, -0.1) is 0 Å². The second-order valence-electron chi connectivity index (χ2n) is 4.84. The van der Waals surface area contributed by atoms with Crippen molar-refractivity contribution in [1.29, 1.82) is 0 Å². The lowest BCUT2D eigenvalue weighted by molar-refractivity contribution is -0.170. The first-order chi connectivity index (χ1) is 10.7. The van der Waals surface area contributed by atoms with E-state index in [4.69, 9.17) is 13.7 Å². The Morgan fingerprint density at radius 2 is 1.61 bits per heavy atom. The van der Waals surface area contributed by atoms with Crippen molar-refractivity contribution in [2.45, 2.75) is 44.8 Å². The Bertz CT molecular complexity index is 649. The van der Waals surface area contributed by atoms with E-state index in [-0.39, 0.29) is 11.5 Å². The average Bonchev–Trinajstić information content (AvgIpc) is 2.47. The van der Waals surface area contributed by atoms with Gasteiger partial charge in [0.1, 0.15) is 0 Å². The van der Waals surface area contributed by atoms with Gasteiger partial charge in [0, 0.05) is 0 Å². The molecule has 2 atom stereocenters. The van der Waals surface area contributed by atoms with Crippen molar-refractivity contribution in [2.24, 2.45) is 0 Å². The highest BCUT2D eigenvalue weighted by molar-refractivity contribution is 7.86. The van der Waals surface area contributed by atoms with Crippen LogP contribution in [0.15, 0.2) is 29.2 Å². The summed E-state index contributed by atoms with van der Waals surface area (Å²) >= 11 is 0. The van der Waals surface area contributed by atoms with Crippen LogP contribution in [0.25, 0.3) is 0 Å². The lowest BCUT2D eigenvalue weighted by Gasteiger charge is -2.16. The molecule has 0 N–H and O–H groups in total. The van der Waals surface area contributed by atoms with Crippen LogP contribution in [0.1, 0.15) is 26.3 Å². The molecule has 0 amide bonds. The summed E-state index contributed by atoms with van der Waals surface area (Å²) in [6, 6.07) is 5.98. The highest BCUT2D eigenvalue weighted by Crippen LogP contribution is 2.16. The standard InChI is InChI=1S/C15H20O7S/c1-5-20-14(16)11(3)21-15(17)12(4)22-23(18,19)13-8-6-10(2)7-9-13/h6-9,11-12H,5H2,1-4H3. The fourth-order valence-electron chi connectivity index (χ4n) is 1.57. The largest absolute Gasteiger partial charge is 0.463 e. The molecule has 1 rings (SSSR count). The summed E-state index contributed by atoms with van der Waals surface area (Å²) in [6.07, 6.45) is -2.53. The Hall–Kier alpha value is -1.93. The quantitative estimate of drug-likeness (QED) is 0.547. The molecule has 0 aliphatic carbocycles. The molecule has 8 heteroatoms. The Labute approximate surface area is 135 Å². The number of hydrogen-bond donors (Lipinski definition) is 0. The third-order valence-electron chi connectivity index (χ3n) is 2.82. The number of rotatable bonds is 7. The summed E-state index contributed by atoms with van der Waals surface area (Å²) in [5, 5.41) is 0. The Morgan fingerprint density at radius 1 is 1.04 bits per heavy atom. The summed E-state index contributed by atoms with van der Waals surface area (Å²) in [5.41, 5.74) is 0.889. The minimum atomic E-state index is -4.10. The van der Waals surface area contributed by atoms with E-state index in [0.717, 1.165) is 5.56 Å². The normalized spacial score (nSPS) is 13.9. The zero-order valence-corrected chi connectivity index (χ0v) is 14.3. The van der Waals surface area contributed by atoms with Crippen LogP contribution in [0.5, 0.6) is 0 Å². The lowest BCUT2D eigenvalue weighted by Crippen LogP contribution is -2.33. The van der Waals surface area contributed by atoms with E-state index >= 15 is 0 Å². The number of benzene rings is 1. The van der Waals surface area contributed by atoms with Gasteiger partial charge >= 0.3 is 11.9 Å². The van der Waals surface area contributed by atoms with Crippen molar-refractivity contribution in [3.63, 3.8) is 0 Å². The average molecular weight is 344 g/mol. The first-order valence-corrected chi connectivity index (χ1v) is 8.45. The number of carbonyl (C=O) groups is 2. The molecule has 1 aromatic rings. The van der Waals surface area contributed by atoms with Gasteiger partial charge in [0.05, 0.1) is 11.5 Å².